The van der Waals surface area contributed by atoms with E-state index in [1.165, 1.54) is 38.5 Å². The topological polar surface area (TPSA) is 18.5 Å². The van der Waals surface area contributed by atoms with E-state index in [1.807, 2.05) is 14.0 Å². The van der Waals surface area contributed by atoms with Crippen LogP contribution in [0.5, 0.6) is 0 Å². The predicted molar refractivity (Wildman–Crippen MR) is 104 cm³/mol. The summed E-state index contributed by atoms with van der Waals surface area (Å²) in [5, 5.41) is 0. The highest BCUT2D eigenvalue weighted by molar-refractivity contribution is 4.96. The number of hydrogen-bond acceptors (Lipinski definition) is 2. The molecule has 0 radical (unpaired) electrons. The molecule has 1 atom stereocenters. The van der Waals surface area contributed by atoms with Crippen molar-refractivity contribution < 1.29 is 9.47 Å². The molecule has 0 N–H and O–H groups in total. The van der Waals surface area contributed by atoms with E-state index in [0.29, 0.717) is 0 Å². The maximum Gasteiger partial charge on any atom is 0.0961 e. The second-order valence-electron chi connectivity index (χ2n) is 6.82. The van der Waals surface area contributed by atoms with E-state index in [9.17, 15) is 0 Å². The van der Waals surface area contributed by atoms with Gasteiger partial charge in [0.2, 0.25) is 0 Å². The van der Waals surface area contributed by atoms with Gasteiger partial charge in [0.25, 0.3) is 0 Å². The van der Waals surface area contributed by atoms with Crippen molar-refractivity contribution in [2.45, 2.75) is 111 Å². The molecule has 0 aromatic carbocycles. The number of allylic oxidation sites excluding steroid dienone is 1. The molecule has 2 nitrogen and oxygen atoms in total. The molecule has 0 amide bonds. The summed E-state index contributed by atoms with van der Waals surface area (Å²) >= 11 is 0. The van der Waals surface area contributed by atoms with Crippen LogP contribution in [0.3, 0.4) is 0 Å². The Labute approximate surface area is 147 Å². The van der Waals surface area contributed by atoms with Gasteiger partial charge in [-0.2, -0.15) is 0 Å². The monoisotopic (exact) mass is 328 g/mol. The lowest BCUT2D eigenvalue weighted by molar-refractivity contribution is -0.186. The molecule has 0 heterocycles. The highest BCUT2D eigenvalue weighted by atomic mass is 16.6. The van der Waals surface area contributed by atoms with Crippen LogP contribution in [0.2, 0.25) is 0 Å². The fourth-order valence-electron chi connectivity index (χ4n) is 3.26. The molecule has 23 heavy (non-hydrogen) atoms. The van der Waals surface area contributed by atoms with E-state index in [2.05, 4.69) is 41.2 Å². The summed E-state index contributed by atoms with van der Waals surface area (Å²) in [5.74, 6) is 0. The smallest absolute Gasteiger partial charge is 0.0961 e. The van der Waals surface area contributed by atoms with Crippen LogP contribution in [-0.4, -0.2) is 24.9 Å². The quantitative estimate of drug-likeness (QED) is 0.269. The van der Waals surface area contributed by atoms with E-state index in [-0.39, 0.29) is 11.2 Å². The summed E-state index contributed by atoms with van der Waals surface area (Å²) in [5.41, 5.74) is -0.349. The number of unbranched alkanes of at least 4 members (excludes halogenated alkanes) is 5. The van der Waals surface area contributed by atoms with Gasteiger partial charge in [-0.1, -0.05) is 64.9 Å². The maximum absolute atomic E-state index is 6.01. The lowest BCUT2D eigenvalue weighted by Crippen LogP contribution is -2.53. The van der Waals surface area contributed by atoms with Gasteiger partial charge >= 0.3 is 0 Å². The van der Waals surface area contributed by atoms with Crippen LogP contribution in [-0.2, 0) is 9.47 Å². The average Bonchev–Trinajstić information content (AvgIpc) is 2.50. The highest BCUT2D eigenvalue weighted by Crippen LogP contribution is 2.38. The van der Waals surface area contributed by atoms with Crippen LogP contribution in [0.25, 0.3) is 0 Å². The Hall–Kier alpha value is -0.340. The van der Waals surface area contributed by atoms with E-state index >= 15 is 0 Å². The zero-order valence-corrected chi connectivity index (χ0v) is 17.2. The fourth-order valence-corrected chi connectivity index (χ4v) is 3.26. The molecule has 0 aliphatic rings. The van der Waals surface area contributed by atoms with Gasteiger partial charge in [0.1, 0.15) is 0 Å². The minimum Gasteiger partial charge on any atom is -0.375 e. The first-order valence-corrected chi connectivity index (χ1v) is 9.67. The Bertz CT molecular complexity index is 261. The predicted octanol–water partition coefficient (Wildman–Crippen LogP) is 6.93. The van der Waals surface area contributed by atoms with E-state index in [4.69, 9.17) is 9.47 Å². The molecular formula is C21H44O2. The third-order valence-electron chi connectivity index (χ3n) is 4.58. The van der Waals surface area contributed by atoms with Crippen molar-refractivity contribution in [3.63, 3.8) is 0 Å². The molecule has 0 aliphatic carbocycles. The number of rotatable bonds is 13. The van der Waals surface area contributed by atoms with Crippen molar-refractivity contribution in [3.8, 4) is 0 Å². The Morgan fingerprint density at radius 3 is 1.83 bits per heavy atom. The third-order valence-corrected chi connectivity index (χ3v) is 4.58. The Morgan fingerprint density at radius 1 is 0.870 bits per heavy atom. The second kappa shape index (κ2) is 15.2. The van der Waals surface area contributed by atoms with Crippen LogP contribution in [0, 0.1) is 0 Å². The first kappa shape index (κ1) is 24.9. The summed E-state index contributed by atoms with van der Waals surface area (Å²) in [6, 6.07) is 0. The van der Waals surface area contributed by atoms with Gasteiger partial charge in [-0.15, -0.1) is 6.58 Å². The molecular weight excluding hydrogens is 284 g/mol. The molecule has 0 saturated heterocycles. The molecule has 0 aromatic rings. The van der Waals surface area contributed by atoms with Crippen LogP contribution < -0.4 is 0 Å². The van der Waals surface area contributed by atoms with Crippen molar-refractivity contribution in [1.29, 1.82) is 0 Å². The Morgan fingerprint density at radius 2 is 1.39 bits per heavy atom. The highest BCUT2D eigenvalue weighted by Gasteiger charge is 2.44. The number of ether oxygens (including phenoxy) is 2. The fraction of sp³-hybridized carbons (Fsp3) is 0.905. The standard InChI is InChI=1S/C18H38O2.C3H6/c1-7-10-11-12-13-14-16-18(19-6,15-8-2)17(4,5)20-9-3;1-3-2/h7-16H2,1-6H3;3H,1H2,2H3. The van der Waals surface area contributed by atoms with E-state index < -0.39 is 0 Å². The number of hydrogen-bond donors (Lipinski definition) is 0. The lowest BCUT2D eigenvalue weighted by atomic mass is 9.77. The van der Waals surface area contributed by atoms with Crippen molar-refractivity contribution in [2.24, 2.45) is 0 Å². The first-order chi connectivity index (χ1) is 10.9. The molecule has 0 saturated carbocycles. The summed E-state index contributed by atoms with van der Waals surface area (Å²) in [4.78, 5) is 0. The van der Waals surface area contributed by atoms with E-state index in [0.717, 1.165) is 25.9 Å². The minimum absolute atomic E-state index is 0.136. The van der Waals surface area contributed by atoms with E-state index in [1.54, 1.807) is 6.08 Å². The average molecular weight is 329 g/mol. The summed E-state index contributed by atoms with van der Waals surface area (Å²) < 4.78 is 12.0. The van der Waals surface area contributed by atoms with Crippen LogP contribution in [0.15, 0.2) is 12.7 Å². The normalized spacial score (nSPS) is 13.9. The first-order valence-electron chi connectivity index (χ1n) is 9.67. The van der Waals surface area contributed by atoms with Gasteiger partial charge < -0.3 is 9.47 Å². The molecule has 2 heteroatoms. The molecule has 0 aromatic heterocycles. The largest absolute Gasteiger partial charge is 0.375 e. The molecule has 0 fully saturated rings. The summed E-state index contributed by atoms with van der Waals surface area (Å²) in [6.07, 6.45) is 13.0. The van der Waals surface area contributed by atoms with Crippen molar-refractivity contribution in [1.82, 2.24) is 0 Å². The second-order valence-corrected chi connectivity index (χ2v) is 6.82. The van der Waals surface area contributed by atoms with Gasteiger partial charge in [-0.25, -0.2) is 0 Å². The molecule has 0 spiro atoms. The molecule has 0 bridgehead atoms. The molecule has 140 valence electrons. The van der Waals surface area contributed by atoms with Crippen molar-refractivity contribution in [2.75, 3.05) is 13.7 Å². The summed E-state index contributed by atoms with van der Waals surface area (Å²) in [6.45, 7) is 16.9. The molecule has 1 unspecified atom stereocenters. The van der Waals surface area contributed by atoms with Crippen molar-refractivity contribution in [3.05, 3.63) is 12.7 Å². The maximum atomic E-state index is 6.01. The van der Waals surface area contributed by atoms with Crippen molar-refractivity contribution >= 4 is 0 Å². The van der Waals surface area contributed by atoms with Crippen LogP contribution in [0.1, 0.15) is 99.3 Å². The van der Waals surface area contributed by atoms with Crippen LogP contribution >= 0.6 is 0 Å². The minimum atomic E-state index is -0.212. The van der Waals surface area contributed by atoms with Gasteiger partial charge in [0, 0.05) is 13.7 Å². The zero-order chi connectivity index (χ0) is 18.2. The van der Waals surface area contributed by atoms with Gasteiger partial charge in [-0.05, 0) is 40.5 Å². The Balaban J connectivity index is 0. The SMILES string of the molecule is C=CC.CCCCCCCCC(CCC)(OC)C(C)(C)OCC. The lowest BCUT2D eigenvalue weighted by Gasteiger charge is -2.45. The van der Waals surface area contributed by atoms with Gasteiger partial charge in [-0.3, -0.25) is 0 Å². The number of methoxy groups -OCH3 is 1. The zero-order valence-electron chi connectivity index (χ0n) is 17.2. The Kier molecular flexibility index (Phi) is 16.5. The molecule has 0 rings (SSSR count). The van der Waals surface area contributed by atoms with Gasteiger partial charge in [0.15, 0.2) is 0 Å². The summed E-state index contributed by atoms with van der Waals surface area (Å²) in [7, 11) is 1.85. The third kappa shape index (κ3) is 10.2. The van der Waals surface area contributed by atoms with Crippen LogP contribution in [0.4, 0.5) is 0 Å². The van der Waals surface area contributed by atoms with Gasteiger partial charge in [0.05, 0.1) is 11.2 Å². The molecule has 0 aliphatic heterocycles.